The first-order valence-electron chi connectivity index (χ1n) is 12.4. The Morgan fingerprint density at radius 3 is 2.51 bits per heavy atom. The molecule has 6 nitrogen and oxygen atoms in total. The second kappa shape index (κ2) is 8.59. The van der Waals surface area contributed by atoms with Crippen LogP contribution in [0.4, 0.5) is 4.79 Å². The number of urea groups is 1. The van der Waals surface area contributed by atoms with Crippen LogP contribution in [0.2, 0.25) is 0 Å². The van der Waals surface area contributed by atoms with Gasteiger partial charge in [0, 0.05) is 41.8 Å². The molecule has 2 aliphatic heterocycles. The van der Waals surface area contributed by atoms with Crippen molar-refractivity contribution in [3.8, 4) is 0 Å². The predicted molar refractivity (Wildman–Crippen MR) is 137 cm³/mol. The average molecular weight is 472 g/mol. The molecule has 2 aliphatic rings. The molecular formula is C29H33N3O3. The first-order chi connectivity index (χ1) is 16.7. The molecule has 2 amide bonds. The van der Waals surface area contributed by atoms with Crippen molar-refractivity contribution in [3.05, 3.63) is 83.2 Å². The molecule has 0 aliphatic carbocycles. The van der Waals surface area contributed by atoms with Gasteiger partial charge in [-0.15, -0.1) is 0 Å². The second-order valence-corrected chi connectivity index (χ2v) is 10.5. The zero-order chi connectivity index (χ0) is 24.9. The smallest absolute Gasteiger partial charge is 0.338 e. The summed E-state index contributed by atoms with van der Waals surface area (Å²) in [6.45, 7) is 13.9. The molecular weight excluding hydrogens is 438 g/mol. The Bertz CT molecular complexity index is 1310. The van der Waals surface area contributed by atoms with Crippen LogP contribution in [0, 0.1) is 0 Å². The number of aromatic nitrogens is 1. The molecule has 0 radical (unpaired) electrons. The van der Waals surface area contributed by atoms with Gasteiger partial charge in [0.25, 0.3) is 0 Å². The SMILES string of the molecule is C=C1C2Cc3c(n(Cc4ccc(C(=O)OC(C)(C)C)cc4)c4ccccc34)CN2C(=O)N1CCC. The van der Waals surface area contributed by atoms with Crippen molar-refractivity contribution in [2.45, 2.75) is 65.3 Å². The van der Waals surface area contributed by atoms with E-state index >= 15 is 0 Å². The maximum atomic E-state index is 13.2. The van der Waals surface area contributed by atoms with Gasteiger partial charge in [-0.25, -0.2) is 9.59 Å². The zero-order valence-electron chi connectivity index (χ0n) is 21.0. The number of rotatable bonds is 5. The Hall–Kier alpha value is -3.54. The van der Waals surface area contributed by atoms with Crippen LogP contribution < -0.4 is 0 Å². The normalized spacial score (nSPS) is 17.7. The van der Waals surface area contributed by atoms with Gasteiger partial charge < -0.3 is 14.2 Å². The fourth-order valence-electron chi connectivity index (χ4n) is 5.28. The quantitative estimate of drug-likeness (QED) is 0.447. The molecule has 3 aromatic rings. The van der Waals surface area contributed by atoms with Gasteiger partial charge in [0.2, 0.25) is 0 Å². The Morgan fingerprint density at radius 2 is 1.83 bits per heavy atom. The molecule has 5 rings (SSSR count). The van der Waals surface area contributed by atoms with Gasteiger partial charge in [0.1, 0.15) is 5.60 Å². The van der Waals surface area contributed by atoms with Crippen molar-refractivity contribution in [2.75, 3.05) is 6.54 Å². The topological polar surface area (TPSA) is 54.8 Å². The standard InChI is InChI=1S/C29H33N3O3/c1-6-15-30-19(2)25-16-23-22-9-7-8-10-24(22)31(26(23)18-32(25)28(30)34)17-20-11-13-21(14-12-20)27(33)35-29(3,4)5/h7-14,25H,2,6,15-18H2,1,3-5H3. The third-order valence-corrected chi connectivity index (χ3v) is 6.87. The highest BCUT2D eigenvalue weighted by atomic mass is 16.6. The van der Waals surface area contributed by atoms with Gasteiger partial charge in [-0.3, -0.25) is 4.90 Å². The largest absolute Gasteiger partial charge is 0.456 e. The Balaban J connectivity index is 1.47. The van der Waals surface area contributed by atoms with E-state index in [4.69, 9.17) is 4.74 Å². The van der Waals surface area contributed by atoms with E-state index in [1.165, 1.54) is 22.2 Å². The summed E-state index contributed by atoms with van der Waals surface area (Å²) in [5.41, 5.74) is 5.67. The molecule has 1 aromatic heterocycles. The minimum atomic E-state index is -0.526. The van der Waals surface area contributed by atoms with Crippen LogP contribution in [0.3, 0.4) is 0 Å². The number of amides is 2. The van der Waals surface area contributed by atoms with E-state index in [1.54, 1.807) is 0 Å². The Morgan fingerprint density at radius 1 is 1.11 bits per heavy atom. The van der Waals surface area contributed by atoms with Gasteiger partial charge >= 0.3 is 12.0 Å². The van der Waals surface area contributed by atoms with Gasteiger partial charge in [-0.1, -0.05) is 43.8 Å². The summed E-state index contributed by atoms with van der Waals surface area (Å²) in [5.74, 6) is -0.316. The summed E-state index contributed by atoms with van der Waals surface area (Å²) < 4.78 is 7.82. The molecule has 182 valence electrons. The van der Waals surface area contributed by atoms with Crippen LogP contribution in [0.25, 0.3) is 10.9 Å². The lowest BCUT2D eigenvalue weighted by molar-refractivity contribution is 0.00694. The number of carbonyl (C=O) groups is 2. The molecule has 0 bridgehead atoms. The number of hydrogen-bond acceptors (Lipinski definition) is 3. The molecule has 1 unspecified atom stereocenters. The maximum Gasteiger partial charge on any atom is 0.338 e. The first kappa shape index (κ1) is 23.2. The molecule has 2 aromatic carbocycles. The number of hydrogen-bond donors (Lipinski definition) is 0. The number of fused-ring (bicyclic) bond motifs is 4. The van der Waals surface area contributed by atoms with Crippen LogP contribution >= 0.6 is 0 Å². The summed E-state index contributed by atoms with van der Waals surface area (Å²) in [7, 11) is 0. The number of nitrogens with zero attached hydrogens (tertiary/aromatic N) is 3. The highest BCUT2D eigenvalue weighted by molar-refractivity contribution is 5.90. The van der Waals surface area contributed by atoms with Gasteiger partial charge in [-0.2, -0.15) is 0 Å². The lowest BCUT2D eigenvalue weighted by Gasteiger charge is -2.29. The maximum absolute atomic E-state index is 13.2. The van der Waals surface area contributed by atoms with Crippen molar-refractivity contribution < 1.29 is 14.3 Å². The van der Waals surface area contributed by atoms with Gasteiger partial charge in [0.15, 0.2) is 0 Å². The Kier molecular flexibility index (Phi) is 5.70. The number of ether oxygens (including phenoxy) is 1. The van der Waals surface area contributed by atoms with Crippen LogP contribution in [0.5, 0.6) is 0 Å². The summed E-state index contributed by atoms with van der Waals surface area (Å²) >= 11 is 0. The zero-order valence-corrected chi connectivity index (χ0v) is 21.0. The number of benzene rings is 2. The van der Waals surface area contributed by atoms with Crippen LogP contribution in [-0.2, 0) is 24.2 Å². The third-order valence-electron chi connectivity index (χ3n) is 6.87. The van der Waals surface area contributed by atoms with Crippen molar-refractivity contribution in [2.24, 2.45) is 0 Å². The van der Waals surface area contributed by atoms with Crippen molar-refractivity contribution in [1.82, 2.24) is 14.4 Å². The molecule has 0 N–H and O–H groups in total. The van der Waals surface area contributed by atoms with Crippen LogP contribution in [-0.4, -0.2) is 44.6 Å². The van der Waals surface area contributed by atoms with Crippen LogP contribution in [0.1, 0.15) is 61.3 Å². The minimum absolute atomic E-state index is 0.0221. The fourth-order valence-corrected chi connectivity index (χ4v) is 5.28. The highest BCUT2D eigenvalue weighted by Crippen LogP contribution is 2.39. The molecule has 6 heteroatoms. The minimum Gasteiger partial charge on any atom is -0.456 e. The summed E-state index contributed by atoms with van der Waals surface area (Å²) in [6, 6.07) is 16.2. The first-order valence-corrected chi connectivity index (χ1v) is 12.4. The van der Waals surface area contributed by atoms with E-state index in [0.29, 0.717) is 25.2 Å². The highest BCUT2D eigenvalue weighted by Gasteiger charge is 2.44. The number of para-hydroxylation sites is 1. The van der Waals surface area contributed by atoms with Crippen molar-refractivity contribution >= 4 is 22.9 Å². The fraction of sp³-hybridized carbons (Fsp3) is 0.379. The average Bonchev–Trinajstić information content (AvgIpc) is 3.24. The second-order valence-electron chi connectivity index (χ2n) is 10.5. The van der Waals surface area contributed by atoms with E-state index in [1.807, 2.05) is 54.8 Å². The van der Waals surface area contributed by atoms with Crippen molar-refractivity contribution in [3.63, 3.8) is 0 Å². The molecule has 0 saturated carbocycles. The van der Waals surface area contributed by atoms with Gasteiger partial charge in [0.05, 0.1) is 18.2 Å². The molecule has 1 atom stereocenters. The van der Waals surface area contributed by atoms with E-state index < -0.39 is 5.60 Å². The molecule has 1 saturated heterocycles. The summed E-state index contributed by atoms with van der Waals surface area (Å²) in [6.07, 6.45) is 1.69. The van der Waals surface area contributed by atoms with Crippen molar-refractivity contribution in [1.29, 1.82) is 0 Å². The lowest BCUT2D eigenvalue weighted by atomic mass is 9.96. The lowest BCUT2D eigenvalue weighted by Crippen LogP contribution is -2.39. The number of carbonyl (C=O) groups excluding carboxylic acids is 2. The monoisotopic (exact) mass is 471 g/mol. The summed E-state index contributed by atoms with van der Waals surface area (Å²) in [5, 5.41) is 1.24. The van der Waals surface area contributed by atoms with E-state index in [9.17, 15) is 9.59 Å². The molecule has 35 heavy (non-hydrogen) atoms. The van der Waals surface area contributed by atoms with E-state index in [0.717, 1.165) is 24.1 Å². The summed E-state index contributed by atoms with van der Waals surface area (Å²) in [4.78, 5) is 29.4. The number of esters is 1. The van der Waals surface area contributed by atoms with Crippen LogP contribution in [0.15, 0.2) is 60.8 Å². The molecule has 0 spiro atoms. The predicted octanol–water partition coefficient (Wildman–Crippen LogP) is 5.73. The molecule has 3 heterocycles. The van der Waals surface area contributed by atoms with E-state index in [2.05, 4.69) is 42.3 Å². The van der Waals surface area contributed by atoms with Gasteiger partial charge in [-0.05, 0) is 56.5 Å². The third kappa shape index (κ3) is 4.11. The molecule has 1 fully saturated rings. The van der Waals surface area contributed by atoms with E-state index in [-0.39, 0.29) is 18.0 Å². The Labute approximate surface area is 206 Å².